The Labute approximate surface area is 140 Å². The first-order chi connectivity index (χ1) is 10.7. The molecule has 3 rings (SSSR count). The summed E-state index contributed by atoms with van der Waals surface area (Å²) in [6.07, 6.45) is 8.93. The molecule has 2 fully saturated rings. The van der Waals surface area contributed by atoms with Crippen LogP contribution in [0.2, 0.25) is 0 Å². The van der Waals surface area contributed by atoms with Gasteiger partial charge >= 0.3 is 0 Å². The van der Waals surface area contributed by atoms with Gasteiger partial charge in [0, 0.05) is 0 Å². The van der Waals surface area contributed by atoms with E-state index in [1.165, 1.54) is 5.56 Å². The van der Waals surface area contributed by atoms with Crippen molar-refractivity contribution in [2.24, 2.45) is 22.7 Å². The quantitative estimate of drug-likeness (QED) is 0.878. The van der Waals surface area contributed by atoms with Crippen LogP contribution in [0.25, 0.3) is 0 Å². The topological polar surface area (TPSA) is 53.6 Å². The Morgan fingerprint density at radius 1 is 1.17 bits per heavy atom. The van der Waals surface area contributed by atoms with E-state index in [1.54, 1.807) is 6.26 Å². The molecule has 5 atom stereocenters. The van der Waals surface area contributed by atoms with Gasteiger partial charge in [0.2, 0.25) is 0 Å². The van der Waals surface area contributed by atoms with Gasteiger partial charge in [0.05, 0.1) is 24.2 Å². The molecule has 0 aliphatic heterocycles. The first-order valence-corrected chi connectivity index (χ1v) is 9.09. The third-order valence-electron chi connectivity index (χ3n) is 7.30. The van der Waals surface area contributed by atoms with Gasteiger partial charge < -0.3 is 14.6 Å². The summed E-state index contributed by atoms with van der Waals surface area (Å²) in [5.41, 5.74) is 0.612. The molecule has 2 aliphatic rings. The van der Waals surface area contributed by atoms with Crippen LogP contribution in [0.15, 0.2) is 23.0 Å². The summed E-state index contributed by atoms with van der Waals surface area (Å²) in [5.74, 6) is 0.726. The van der Waals surface area contributed by atoms with Gasteiger partial charge in [-0.15, -0.1) is 0 Å². The maximum Gasteiger partial charge on any atom is 0.0934 e. The Morgan fingerprint density at radius 3 is 2.57 bits per heavy atom. The molecule has 3 heteroatoms. The zero-order valence-corrected chi connectivity index (χ0v) is 15.0. The van der Waals surface area contributed by atoms with Crippen molar-refractivity contribution in [3.8, 4) is 0 Å². The van der Waals surface area contributed by atoms with Crippen LogP contribution >= 0.6 is 0 Å². The highest BCUT2D eigenvalue weighted by Gasteiger charge is 2.59. The lowest BCUT2D eigenvalue weighted by Crippen LogP contribution is -2.60. The van der Waals surface area contributed by atoms with Gasteiger partial charge in [-0.2, -0.15) is 0 Å². The average molecular weight is 320 g/mol. The molecular formula is C20H32O3. The number of furan rings is 1. The molecule has 3 nitrogen and oxygen atoms in total. The molecular weight excluding hydrogens is 288 g/mol. The molecule has 2 saturated carbocycles. The second-order valence-corrected chi connectivity index (χ2v) is 9.05. The number of rotatable bonds is 3. The molecule has 0 bridgehead atoms. The number of aliphatic hydroxyl groups excluding tert-OH is 1. The minimum absolute atomic E-state index is 0.0720. The van der Waals surface area contributed by atoms with Crippen LogP contribution in [-0.2, 0) is 6.42 Å². The second-order valence-electron chi connectivity index (χ2n) is 9.05. The molecule has 1 aromatic rings. The molecule has 2 aliphatic carbocycles. The molecule has 1 aromatic heterocycles. The van der Waals surface area contributed by atoms with Crippen LogP contribution in [0, 0.1) is 22.7 Å². The fourth-order valence-corrected chi connectivity index (χ4v) is 5.90. The molecule has 1 unspecified atom stereocenters. The van der Waals surface area contributed by atoms with Gasteiger partial charge in [0.1, 0.15) is 0 Å². The normalized spacial score (nSPS) is 43.1. The summed E-state index contributed by atoms with van der Waals surface area (Å²) in [6, 6.07) is 2.02. The lowest BCUT2D eigenvalue weighted by atomic mass is 9.44. The molecule has 0 spiro atoms. The van der Waals surface area contributed by atoms with E-state index >= 15 is 0 Å². The van der Waals surface area contributed by atoms with E-state index in [1.807, 2.05) is 19.3 Å². The fraction of sp³-hybridized carbons (Fsp3) is 0.800. The number of aliphatic hydroxyl groups is 2. The minimum atomic E-state index is -0.618. The van der Waals surface area contributed by atoms with Crippen molar-refractivity contribution in [3.63, 3.8) is 0 Å². The van der Waals surface area contributed by atoms with Gasteiger partial charge in [0.15, 0.2) is 0 Å². The zero-order valence-electron chi connectivity index (χ0n) is 15.0. The number of fused-ring (bicyclic) bond motifs is 1. The van der Waals surface area contributed by atoms with Gasteiger partial charge in [0.25, 0.3) is 0 Å². The molecule has 2 N–H and O–H groups in total. The molecule has 0 amide bonds. The summed E-state index contributed by atoms with van der Waals surface area (Å²) < 4.78 is 5.19. The largest absolute Gasteiger partial charge is 0.472 e. The summed E-state index contributed by atoms with van der Waals surface area (Å²) in [4.78, 5) is 0. The van der Waals surface area contributed by atoms with E-state index in [0.717, 1.165) is 38.5 Å². The van der Waals surface area contributed by atoms with Crippen LogP contribution in [0.5, 0.6) is 0 Å². The predicted octanol–water partition coefficient (Wildman–Crippen LogP) is 4.18. The van der Waals surface area contributed by atoms with Gasteiger partial charge in [-0.1, -0.05) is 20.8 Å². The number of hydrogen-bond donors (Lipinski definition) is 2. The van der Waals surface area contributed by atoms with E-state index in [9.17, 15) is 10.2 Å². The maximum absolute atomic E-state index is 11.1. The van der Waals surface area contributed by atoms with E-state index < -0.39 is 5.60 Å². The van der Waals surface area contributed by atoms with Crippen molar-refractivity contribution in [1.29, 1.82) is 0 Å². The van der Waals surface area contributed by atoms with Crippen LogP contribution in [0.4, 0.5) is 0 Å². The minimum Gasteiger partial charge on any atom is -0.472 e. The summed E-state index contributed by atoms with van der Waals surface area (Å²) in [6.45, 7) is 8.81. The van der Waals surface area contributed by atoms with Gasteiger partial charge in [-0.05, 0) is 79.7 Å². The standard InChI is InChI=1S/C20H32O3/c1-18(2)15-7-11-20(4,22)16(6-5-14-9-12-23-13-14)19(15,3)10-8-17(18)21/h9,12-13,15-17,21-22H,5-8,10-11H2,1-4H3/t15-,16?,17-,19-,20+/m1/s1. The zero-order chi connectivity index (χ0) is 16.9. The van der Waals surface area contributed by atoms with Crippen molar-refractivity contribution in [3.05, 3.63) is 24.2 Å². The third-order valence-corrected chi connectivity index (χ3v) is 7.30. The molecule has 1 heterocycles. The van der Waals surface area contributed by atoms with E-state index in [4.69, 9.17) is 4.42 Å². The SMILES string of the molecule is CC1(C)[C@H](O)CC[C@@]2(C)C(CCc3ccoc3)[C@@](C)(O)CC[C@H]12. The molecule has 130 valence electrons. The molecule has 23 heavy (non-hydrogen) atoms. The van der Waals surface area contributed by atoms with Gasteiger partial charge in [-0.3, -0.25) is 0 Å². The van der Waals surface area contributed by atoms with E-state index in [0.29, 0.717) is 5.92 Å². The predicted molar refractivity (Wildman–Crippen MR) is 91.0 cm³/mol. The molecule has 0 saturated heterocycles. The van der Waals surface area contributed by atoms with E-state index in [2.05, 4.69) is 20.8 Å². The average Bonchev–Trinajstić information content (AvgIpc) is 2.95. The first kappa shape index (κ1) is 17.0. The van der Waals surface area contributed by atoms with E-state index in [-0.39, 0.29) is 22.9 Å². The third kappa shape index (κ3) is 2.76. The Balaban J connectivity index is 1.87. The monoisotopic (exact) mass is 320 g/mol. The van der Waals surface area contributed by atoms with Crippen molar-refractivity contribution in [2.45, 2.75) is 77.9 Å². The first-order valence-electron chi connectivity index (χ1n) is 9.09. The van der Waals surface area contributed by atoms with Crippen molar-refractivity contribution in [2.75, 3.05) is 0 Å². The fourth-order valence-electron chi connectivity index (χ4n) is 5.90. The van der Waals surface area contributed by atoms with Gasteiger partial charge in [-0.25, -0.2) is 0 Å². The Bertz CT molecular complexity index is 531. The highest BCUT2D eigenvalue weighted by Crippen LogP contribution is 2.62. The van der Waals surface area contributed by atoms with Crippen molar-refractivity contribution < 1.29 is 14.6 Å². The van der Waals surface area contributed by atoms with Crippen molar-refractivity contribution >= 4 is 0 Å². The van der Waals surface area contributed by atoms with Crippen LogP contribution in [-0.4, -0.2) is 21.9 Å². The van der Waals surface area contributed by atoms with Crippen LogP contribution in [0.3, 0.4) is 0 Å². The Morgan fingerprint density at radius 2 is 1.91 bits per heavy atom. The smallest absolute Gasteiger partial charge is 0.0934 e. The summed E-state index contributed by atoms with van der Waals surface area (Å²) >= 11 is 0. The highest BCUT2D eigenvalue weighted by molar-refractivity contribution is 5.11. The Kier molecular flexibility index (Phi) is 4.17. The lowest BCUT2D eigenvalue weighted by molar-refractivity contribution is -0.195. The summed E-state index contributed by atoms with van der Waals surface area (Å²) in [7, 11) is 0. The summed E-state index contributed by atoms with van der Waals surface area (Å²) in [5, 5.41) is 21.6. The maximum atomic E-state index is 11.1. The second kappa shape index (κ2) is 5.63. The highest BCUT2D eigenvalue weighted by atomic mass is 16.3. The number of hydrogen-bond acceptors (Lipinski definition) is 3. The van der Waals surface area contributed by atoms with Crippen molar-refractivity contribution in [1.82, 2.24) is 0 Å². The molecule has 0 radical (unpaired) electrons. The molecule has 0 aromatic carbocycles. The van der Waals surface area contributed by atoms with Crippen LogP contribution < -0.4 is 0 Å². The lowest BCUT2D eigenvalue weighted by Gasteiger charge is -2.62. The number of aryl methyl sites for hydroxylation is 1. The van der Waals surface area contributed by atoms with Crippen LogP contribution in [0.1, 0.15) is 65.4 Å². The Hall–Kier alpha value is -0.800.